The van der Waals surface area contributed by atoms with E-state index >= 15 is 0 Å². The number of rotatable bonds is 5. The normalized spacial score (nSPS) is 20.5. The molecular weight excluding hydrogens is 292 g/mol. The Morgan fingerprint density at radius 3 is 2.71 bits per heavy atom. The van der Waals surface area contributed by atoms with Gasteiger partial charge in [0.25, 0.3) is 0 Å². The van der Waals surface area contributed by atoms with Gasteiger partial charge in [-0.25, -0.2) is 4.79 Å². The lowest BCUT2D eigenvalue weighted by molar-refractivity contribution is -0.142. The van der Waals surface area contributed by atoms with Crippen LogP contribution < -0.4 is 10.6 Å². The summed E-state index contributed by atoms with van der Waals surface area (Å²) in [6.45, 7) is 3.53. The SMILES string of the molecule is C=C(Br)C[C@H](NC(=O)[C@@H]1CCC(=O)N1)C(=O)O. The highest BCUT2D eigenvalue weighted by Gasteiger charge is 2.30. The summed E-state index contributed by atoms with van der Waals surface area (Å²) in [5.41, 5.74) is 0. The van der Waals surface area contributed by atoms with Crippen molar-refractivity contribution in [3.8, 4) is 0 Å². The number of carboxylic acid groups (broad SMARTS) is 1. The molecule has 1 aliphatic heterocycles. The fourth-order valence-electron chi connectivity index (χ4n) is 1.50. The van der Waals surface area contributed by atoms with E-state index in [-0.39, 0.29) is 12.3 Å². The second-order valence-electron chi connectivity index (χ2n) is 3.78. The molecule has 17 heavy (non-hydrogen) atoms. The lowest BCUT2D eigenvalue weighted by Crippen LogP contribution is -2.48. The molecule has 0 unspecified atom stereocenters. The number of carboxylic acids is 1. The highest BCUT2D eigenvalue weighted by atomic mass is 79.9. The number of halogens is 1. The number of aliphatic carboxylic acids is 1. The van der Waals surface area contributed by atoms with Crippen molar-refractivity contribution < 1.29 is 19.5 Å². The Bertz CT molecular complexity index is 369. The molecular formula is C10H13BrN2O4. The van der Waals surface area contributed by atoms with Crippen LogP contribution in [0.5, 0.6) is 0 Å². The molecule has 2 atom stereocenters. The summed E-state index contributed by atoms with van der Waals surface area (Å²) in [5.74, 6) is -1.80. The maximum absolute atomic E-state index is 11.7. The van der Waals surface area contributed by atoms with Crippen molar-refractivity contribution in [3.05, 3.63) is 11.1 Å². The molecule has 0 saturated carbocycles. The van der Waals surface area contributed by atoms with E-state index in [1.165, 1.54) is 0 Å². The molecule has 0 aromatic rings. The van der Waals surface area contributed by atoms with Crippen molar-refractivity contribution >= 4 is 33.7 Å². The molecule has 1 fully saturated rings. The van der Waals surface area contributed by atoms with Crippen LogP contribution in [-0.2, 0) is 14.4 Å². The van der Waals surface area contributed by atoms with E-state index in [9.17, 15) is 14.4 Å². The van der Waals surface area contributed by atoms with Crippen molar-refractivity contribution in [1.82, 2.24) is 10.6 Å². The Morgan fingerprint density at radius 2 is 2.29 bits per heavy atom. The minimum absolute atomic E-state index is 0.0989. The Hall–Kier alpha value is -1.37. The van der Waals surface area contributed by atoms with Gasteiger partial charge in [-0.15, -0.1) is 0 Å². The fraction of sp³-hybridized carbons (Fsp3) is 0.500. The van der Waals surface area contributed by atoms with Gasteiger partial charge in [-0.1, -0.05) is 22.5 Å². The van der Waals surface area contributed by atoms with Gasteiger partial charge in [-0.3, -0.25) is 9.59 Å². The highest BCUT2D eigenvalue weighted by Crippen LogP contribution is 2.12. The molecule has 1 rings (SSSR count). The van der Waals surface area contributed by atoms with Crippen molar-refractivity contribution in [1.29, 1.82) is 0 Å². The number of hydrogen-bond acceptors (Lipinski definition) is 3. The molecule has 1 saturated heterocycles. The van der Waals surface area contributed by atoms with E-state index in [0.29, 0.717) is 17.3 Å². The topological polar surface area (TPSA) is 95.5 Å². The largest absolute Gasteiger partial charge is 0.480 e. The number of amides is 2. The van der Waals surface area contributed by atoms with Crippen LogP contribution >= 0.6 is 15.9 Å². The summed E-state index contributed by atoms with van der Waals surface area (Å²) in [4.78, 5) is 33.5. The third kappa shape index (κ3) is 4.18. The predicted molar refractivity (Wildman–Crippen MR) is 63.4 cm³/mol. The zero-order valence-corrected chi connectivity index (χ0v) is 10.6. The molecule has 0 aromatic heterocycles. The molecule has 6 nitrogen and oxygen atoms in total. The minimum Gasteiger partial charge on any atom is -0.480 e. The van der Waals surface area contributed by atoms with E-state index in [1.54, 1.807) is 0 Å². The number of nitrogens with one attached hydrogen (secondary N) is 2. The van der Waals surface area contributed by atoms with Gasteiger partial charge in [-0.2, -0.15) is 0 Å². The van der Waals surface area contributed by atoms with Gasteiger partial charge >= 0.3 is 5.97 Å². The molecule has 2 amide bonds. The molecule has 0 spiro atoms. The Balaban J connectivity index is 2.55. The lowest BCUT2D eigenvalue weighted by atomic mass is 10.1. The predicted octanol–water partition coefficient (Wildman–Crippen LogP) is 0.133. The second kappa shape index (κ2) is 5.81. The van der Waals surface area contributed by atoms with Gasteiger partial charge in [-0.05, 0) is 10.9 Å². The summed E-state index contributed by atoms with van der Waals surface area (Å²) in [5, 5.41) is 13.7. The van der Waals surface area contributed by atoms with Crippen LogP contribution in [0.3, 0.4) is 0 Å². The minimum atomic E-state index is -1.14. The third-order valence-corrected chi connectivity index (χ3v) is 2.68. The maximum Gasteiger partial charge on any atom is 0.326 e. The Kier molecular flexibility index (Phi) is 4.68. The molecule has 7 heteroatoms. The smallest absolute Gasteiger partial charge is 0.326 e. The summed E-state index contributed by atoms with van der Waals surface area (Å²) >= 11 is 3.05. The quantitative estimate of drug-likeness (QED) is 0.673. The lowest BCUT2D eigenvalue weighted by Gasteiger charge is -2.16. The first kappa shape index (κ1) is 13.7. The average molecular weight is 305 g/mol. The van der Waals surface area contributed by atoms with Gasteiger partial charge in [0.2, 0.25) is 11.8 Å². The van der Waals surface area contributed by atoms with Crippen LogP contribution in [-0.4, -0.2) is 35.0 Å². The first-order valence-electron chi connectivity index (χ1n) is 5.06. The fourth-order valence-corrected chi connectivity index (χ4v) is 1.83. The standard InChI is InChI=1S/C10H13BrN2O4/c1-5(11)4-7(10(16)17)13-9(15)6-2-3-8(14)12-6/h6-7H,1-4H2,(H,12,14)(H,13,15)(H,16,17)/t6-,7-/m0/s1. The van der Waals surface area contributed by atoms with Gasteiger partial charge in [0.15, 0.2) is 0 Å². The van der Waals surface area contributed by atoms with Crippen molar-refractivity contribution in [2.75, 3.05) is 0 Å². The average Bonchev–Trinajstić information content (AvgIpc) is 2.63. The Morgan fingerprint density at radius 1 is 1.65 bits per heavy atom. The van der Waals surface area contributed by atoms with Gasteiger partial charge in [0.1, 0.15) is 12.1 Å². The summed E-state index contributed by atoms with van der Waals surface area (Å²) in [6.07, 6.45) is 0.787. The summed E-state index contributed by atoms with van der Waals surface area (Å²) in [6, 6.07) is -1.67. The third-order valence-electron chi connectivity index (χ3n) is 2.35. The van der Waals surface area contributed by atoms with Gasteiger partial charge in [0.05, 0.1) is 0 Å². The van der Waals surface area contributed by atoms with E-state index in [2.05, 4.69) is 33.1 Å². The number of hydrogen-bond donors (Lipinski definition) is 3. The summed E-state index contributed by atoms with van der Waals surface area (Å²) in [7, 11) is 0. The molecule has 0 aliphatic carbocycles. The van der Waals surface area contributed by atoms with E-state index < -0.39 is 24.0 Å². The summed E-state index contributed by atoms with van der Waals surface area (Å²) < 4.78 is 0.487. The molecule has 0 bridgehead atoms. The molecule has 3 N–H and O–H groups in total. The Labute approximate surface area is 107 Å². The molecule has 1 heterocycles. The van der Waals surface area contributed by atoms with Crippen LogP contribution in [0.4, 0.5) is 0 Å². The van der Waals surface area contributed by atoms with Crippen molar-refractivity contribution in [3.63, 3.8) is 0 Å². The van der Waals surface area contributed by atoms with Crippen molar-refractivity contribution in [2.24, 2.45) is 0 Å². The van der Waals surface area contributed by atoms with E-state index in [0.717, 1.165) is 0 Å². The van der Waals surface area contributed by atoms with Crippen LogP contribution in [0.15, 0.2) is 11.1 Å². The molecule has 94 valence electrons. The van der Waals surface area contributed by atoms with Crippen LogP contribution in [0.2, 0.25) is 0 Å². The first-order chi connectivity index (χ1) is 7.90. The van der Waals surface area contributed by atoms with E-state index in [4.69, 9.17) is 5.11 Å². The van der Waals surface area contributed by atoms with Crippen LogP contribution in [0.1, 0.15) is 19.3 Å². The van der Waals surface area contributed by atoms with Gasteiger partial charge in [0, 0.05) is 12.8 Å². The maximum atomic E-state index is 11.7. The number of carbonyl (C=O) groups is 3. The van der Waals surface area contributed by atoms with Crippen LogP contribution in [0.25, 0.3) is 0 Å². The highest BCUT2D eigenvalue weighted by molar-refractivity contribution is 9.11. The van der Waals surface area contributed by atoms with Crippen molar-refractivity contribution in [2.45, 2.75) is 31.3 Å². The van der Waals surface area contributed by atoms with Gasteiger partial charge < -0.3 is 15.7 Å². The van der Waals surface area contributed by atoms with E-state index in [1.807, 2.05) is 0 Å². The zero-order valence-electron chi connectivity index (χ0n) is 9.03. The zero-order chi connectivity index (χ0) is 13.0. The number of carbonyl (C=O) groups excluding carboxylic acids is 2. The first-order valence-corrected chi connectivity index (χ1v) is 5.85. The monoisotopic (exact) mass is 304 g/mol. The molecule has 0 radical (unpaired) electrons. The second-order valence-corrected chi connectivity index (χ2v) is 4.90. The molecule has 1 aliphatic rings. The molecule has 0 aromatic carbocycles. The van der Waals surface area contributed by atoms with Crippen LogP contribution in [0, 0.1) is 0 Å².